The molecule has 186 valence electrons. The van der Waals surface area contributed by atoms with Gasteiger partial charge < -0.3 is 20.3 Å². The van der Waals surface area contributed by atoms with Crippen molar-refractivity contribution in [2.75, 3.05) is 18.2 Å². The number of aryl methyl sites for hydroxylation is 1. The zero-order chi connectivity index (χ0) is 25.6. The van der Waals surface area contributed by atoms with Gasteiger partial charge in [-0.25, -0.2) is 15.0 Å². The quantitative estimate of drug-likeness (QED) is 0.366. The number of anilines is 2. The van der Waals surface area contributed by atoms with Crippen molar-refractivity contribution in [2.24, 2.45) is 5.92 Å². The summed E-state index contributed by atoms with van der Waals surface area (Å²) >= 11 is 6.37. The van der Waals surface area contributed by atoms with E-state index in [1.54, 1.807) is 29.7 Å². The number of aromatic nitrogens is 6. The molecule has 5 rings (SSSR count). The molecule has 1 saturated carbocycles. The van der Waals surface area contributed by atoms with Crippen LogP contribution in [0.15, 0.2) is 33.8 Å². The third-order valence-corrected chi connectivity index (χ3v) is 6.59. The largest absolute Gasteiger partial charge is 0.469 e. The highest BCUT2D eigenvalue weighted by molar-refractivity contribution is 6.35. The third-order valence-electron chi connectivity index (χ3n) is 6.28. The molecule has 36 heavy (non-hydrogen) atoms. The van der Waals surface area contributed by atoms with Gasteiger partial charge in [-0.3, -0.25) is 14.2 Å². The van der Waals surface area contributed by atoms with Crippen molar-refractivity contribution < 1.29 is 14.1 Å². The number of carbonyl (C=O) groups is 1. The number of nitrogen functional groups attached to an aromatic ring is 1. The predicted molar refractivity (Wildman–Crippen MR) is 131 cm³/mol. The van der Waals surface area contributed by atoms with Gasteiger partial charge in [0.05, 0.1) is 35.0 Å². The number of fused-ring (bicyclic) bond motifs is 1. The summed E-state index contributed by atoms with van der Waals surface area (Å²) in [6, 6.07) is 4.36. The van der Waals surface area contributed by atoms with E-state index in [1.807, 2.05) is 6.92 Å². The van der Waals surface area contributed by atoms with Crippen LogP contribution in [0.5, 0.6) is 0 Å². The lowest BCUT2D eigenvalue weighted by Gasteiger charge is -2.36. The number of methoxy groups -OCH3 is 1. The summed E-state index contributed by atoms with van der Waals surface area (Å²) in [4.78, 5) is 43.0. The second kappa shape index (κ2) is 9.19. The Bertz CT molecular complexity index is 1530. The number of rotatable bonds is 6. The summed E-state index contributed by atoms with van der Waals surface area (Å²) in [5, 5.41) is 7.72. The summed E-state index contributed by atoms with van der Waals surface area (Å²) in [5.74, 6) is 0.961. The first-order valence-electron chi connectivity index (χ1n) is 11.2. The average molecular weight is 511 g/mol. The van der Waals surface area contributed by atoms with E-state index in [2.05, 4.69) is 25.4 Å². The van der Waals surface area contributed by atoms with Crippen LogP contribution in [0, 0.1) is 12.8 Å². The van der Waals surface area contributed by atoms with Crippen LogP contribution in [0.3, 0.4) is 0 Å². The standard InChI is InChI=1S/C23H23ClN8O4/c1-10(28-19-17(18(25)26-9-27-19)21-29-11(2)31-36-21)20-30-15-6-4-5-14(24)16(15)22(33)32(20)13-7-12(8-13)23(34)35-3/h4-6,9-10,12-13H,7-8H2,1-3H3,(H3,25,26,27,28). The van der Waals surface area contributed by atoms with E-state index in [1.165, 1.54) is 13.4 Å². The molecule has 0 bridgehead atoms. The van der Waals surface area contributed by atoms with Crippen LogP contribution in [-0.4, -0.2) is 42.7 Å². The van der Waals surface area contributed by atoms with Gasteiger partial charge in [-0.2, -0.15) is 4.98 Å². The molecule has 1 aliphatic carbocycles. The number of nitrogens with zero attached hydrogens (tertiary/aromatic N) is 6. The number of ether oxygens (including phenoxy) is 1. The SMILES string of the molecule is COC(=O)C1CC(n2c(C(C)Nc3ncnc(N)c3-c3nc(C)no3)nc3cccc(Cl)c3c2=O)C1. The second-order valence-corrected chi connectivity index (χ2v) is 9.03. The molecular formula is C23H23ClN8O4. The Hall–Kier alpha value is -4.06. The van der Waals surface area contributed by atoms with Gasteiger partial charge in [0.15, 0.2) is 5.82 Å². The molecule has 3 N–H and O–H groups in total. The van der Waals surface area contributed by atoms with Gasteiger partial charge in [-0.05, 0) is 38.8 Å². The zero-order valence-corrected chi connectivity index (χ0v) is 20.5. The Balaban J connectivity index is 1.58. The van der Waals surface area contributed by atoms with Gasteiger partial charge in [-0.15, -0.1) is 0 Å². The second-order valence-electron chi connectivity index (χ2n) is 8.62. The van der Waals surface area contributed by atoms with E-state index in [-0.39, 0.29) is 35.2 Å². The van der Waals surface area contributed by atoms with Crippen molar-refractivity contribution >= 4 is 40.1 Å². The van der Waals surface area contributed by atoms with Crippen LogP contribution in [0.2, 0.25) is 5.02 Å². The normalized spacial score (nSPS) is 18.0. The van der Waals surface area contributed by atoms with Crippen molar-refractivity contribution in [3.8, 4) is 11.5 Å². The summed E-state index contributed by atoms with van der Waals surface area (Å²) in [6.45, 7) is 3.53. The third kappa shape index (κ3) is 4.02. The molecule has 12 nitrogen and oxygen atoms in total. The number of hydrogen-bond acceptors (Lipinski definition) is 11. The number of hydrogen-bond donors (Lipinski definition) is 2. The summed E-state index contributed by atoms with van der Waals surface area (Å²) in [7, 11) is 1.35. The van der Waals surface area contributed by atoms with Crippen molar-refractivity contribution in [1.29, 1.82) is 0 Å². The van der Waals surface area contributed by atoms with E-state index in [4.69, 9.17) is 31.6 Å². The Morgan fingerprint density at radius 3 is 2.78 bits per heavy atom. The molecule has 0 radical (unpaired) electrons. The minimum atomic E-state index is -0.518. The number of benzene rings is 1. The van der Waals surface area contributed by atoms with Gasteiger partial charge in [0.25, 0.3) is 11.4 Å². The molecular weight excluding hydrogens is 488 g/mol. The van der Waals surface area contributed by atoms with Gasteiger partial charge in [0.2, 0.25) is 0 Å². The Morgan fingerprint density at radius 2 is 2.08 bits per heavy atom. The monoisotopic (exact) mass is 510 g/mol. The highest BCUT2D eigenvalue weighted by atomic mass is 35.5. The lowest BCUT2D eigenvalue weighted by atomic mass is 9.80. The molecule has 4 aromatic rings. The first-order chi connectivity index (χ1) is 17.3. The van der Waals surface area contributed by atoms with Gasteiger partial charge in [0.1, 0.15) is 29.4 Å². The number of carbonyl (C=O) groups excluding carboxylic acids is 1. The number of halogens is 1. The minimum absolute atomic E-state index is 0.152. The molecule has 1 aromatic carbocycles. The topological polar surface area (TPSA) is 164 Å². The van der Waals surface area contributed by atoms with Crippen LogP contribution in [-0.2, 0) is 9.53 Å². The smallest absolute Gasteiger partial charge is 0.308 e. The average Bonchev–Trinajstić information content (AvgIpc) is 3.24. The van der Waals surface area contributed by atoms with E-state index < -0.39 is 6.04 Å². The maximum Gasteiger partial charge on any atom is 0.308 e. The zero-order valence-electron chi connectivity index (χ0n) is 19.7. The van der Waals surface area contributed by atoms with E-state index in [0.29, 0.717) is 51.8 Å². The fraction of sp³-hybridized carbons (Fsp3) is 0.348. The van der Waals surface area contributed by atoms with E-state index in [9.17, 15) is 9.59 Å². The van der Waals surface area contributed by atoms with E-state index >= 15 is 0 Å². The Kier molecular flexibility index (Phi) is 6.04. The molecule has 0 amide bonds. The summed E-state index contributed by atoms with van der Waals surface area (Å²) in [5.41, 5.74) is 6.64. The summed E-state index contributed by atoms with van der Waals surface area (Å²) in [6.07, 6.45) is 2.22. The van der Waals surface area contributed by atoms with Crippen LogP contribution >= 0.6 is 11.6 Å². The predicted octanol–water partition coefficient (Wildman–Crippen LogP) is 3.08. The molecule has 0 aliphatic heterocycles. The maximum absolute atomic E-state index is 13.7. The number of esters is 1. The summed E-state index contributed by atoms with van der Waals surface area (Å²) < 4.78 is 11.8. The van der Waals surface area contributed by atoms with Crippen LogP contribution in [0.1, 0.15) is 43.5 Å². The first kappa shape index (κ1) is 23.7. The fourth-order valence-electron chi connectivity index (χ4n) is 4.42. The molecule has 0 spiro atoms. The molecule has 1 fully saturated rings. The van der Waals surface area contributed by atoms with Crippen LogP contribution in [0.4, 0.5) is 11.6 Å². The van der Waals surface area contributed by atoms with Crippen LogP contribution in [0.25, 0.3) is 22.4 Å². The Labute approximate surface area is 209 Å². The van der Waals surface area contributed by atoms with Crippen LogP contribution < -0.4 is 16.6 Å². The first-order valence-corrected chi connectivity index (χ1v) is 11.6. The highest BCUT2D eigenvalue weighted by Crippen LogP contribution is 2.40. The molecule has 0 saturated heterocycles. The molecule has 1 aliphatic rings. The van der Waals surface area contributed by atoms with Crippen molar-refractivity contribution in [2.45, 2.75) is 38.8 Å². The van der Waals surface area contributed by atoms with Gasteiger partial charge in [-0.1, -0.05) is 22.8 Å². The lowest BCUT2D eigenvalue weighted by molar-refractivity contribution is -0.149. The van der Waals surface area contributed by atoms with E-state index in [0.717, 1.165) is 0 Å². The number of nitrogens with one attached hydrogen (secondary N) is 1. The highest BCUT2D eigenvalue weighted by Gasteiger charge is 2.39. The molecule has 1 unspecified atom stereocenters. The van der Waals surface area contributed by atoms with Gasteiger partial charge in [0, 0.05) is 6.04 Å². The molecule has 13 heteroatoms. The van der Waals surface area contributed by atoms with Crippen molar-refractivity contribution in [1.82, 2.24) is 29.7 Å². The molecule has 3 heterocycles. The molecule has 1 atom stereocenters. The van der Waals surface area contributed by atoms with Crippen molar-refractivity contribution in [3.63, 3.8) is 0 Å². The fourth-order valence-corrected chi connectivity index (χ4v) is 4.67. The molecule has 3 aromatic heterocycles. The Morgan fingerprint density at radius 1 is 1.31 bits per heavy atom. The maximum atomic E-state index is 13.7. The minimum Gasteiger partial charge on any atom is -0.469 e. The lowest BCUT2D eigenvalue weighted by Crippen LogP contribution is -2.40. The number of nitrogens with two attached hydrogens (primary N) is 1. The van der Waals surface area contributed by atoms with Gasteiger partial charge >= 0.3 is 5.97 Å². The van der Waals surface area contributed by atoms with Crippen molar-refractivity contribution in [3.05, 3.63) is 51.6 Å².